The number of carboxylic acids is 1. The maximum absolute atomic E-state index is 11.2. The lowest BCUT2D eigenvalue weighted by Crippen LogP contribution is -2.24. The quantitative estimate of drug-likeness (QED) is 0.899. The van der Waals surface area contributed by atoms with E-state index in [1.165, 1.54) is 0 Å². The van der Waals surface area contributed by atoms with E-state index in [1.54, 1.807) is 6.07 Å². The Morgan fingerprint density at radius 1 is 1.59 bits per heavy atom. The Kier molecular flexibility index (Phi) is 3.69. The summed E-state index contributed by atoms with van der Waals surface area (Å²) in [5.41, 5.74) is 0.995. The van der Waals surface area contributed by atoms with Crippen LogP contribution in [0.25, 0.3) is 0 Å². The molecule has 0 bridgehead atoms. The molecule has 2 N–H and O–H groups in total. The zero-order chi connectivity index (χ0) is 12.4. The molecule has 1 unspecified atom stereocenters. The molecule has 1 saturated heterocycles. The van der Waals surface area contributed by atoms with Crippen LogP contribution in [0.4, 0.5) is 5.69 Å². The summed E-state index contributed by atoms with van der Waals surface area (Å²) >= 11 is 3.28. The maximum atomic E-state index is 11.2. The number of benzene rings is 1. The van der Waals surface area contributed by atoms with E-state index < -0.39 is 5.97 Å². The molecule has 1 aliphatic rings. The highest BCUT2D eigenvalue weighted by Gasteiger charge is 2.22. The van der Waals surface area contributed by atoms with Gasteiger partial charge in [-0.2, -0.15) is 0 Å². The lowest BCUT2D eigenvalue weighted by Gasteiger charge is -2.16. The lowest BCUT2D eigenvalue weighted by atomic mass is 10.1. The molecule has 0 aromatic heterocycles. The van der Waals surface area contributed by atoms with Crippen LogP contribution < -0.4 is 5.32 Å². The molecule has 0 amide bonds. The second-order valence-corrected chi connectivity index (χ2v) is 5.21. The van der Waals surface area contributed by atoms with E-state index in [0.29, 0.717) is 21.8 Å². The highest BCUT2D eigenvalue weighted by atomic mass is 79.9. The first-order valence-corrected chi connectivity index (χ1v) is 6.34. The number of likely N-dealkylation sites (tertiary alicyclic amines) is 1. The molecule has 0 radical (unpaired) electrons. The van der Waals surface area contributed by atoms with Crippen LogP contribution in [-0.2, 0) is 0 Å². The summed E-state index contributed by atoms with van der Waals surface area (Å²) in [4.78, 5) is 13.4. The molecule has 92 valence electrons. The molecular weight excluding hydrogens is 284 g/mol. The molecule has 1 heterocycles. The fourth-order valence-electron chi connectivity index (χ4n) is 2.13. The Balaban J connectivity index is 2.20. The molecule has 1 atom stereocenters. The standard InChI is InChI=1S/C12H15BrN2O2/c1-15-6-5-8(7-15)14-10-4-2-3-9(13)11(10)12(16)17/h2-4,8,14H,5-7H2,1H3,(H,16,17). The van der Waals surface area contributed by atoms with Gasteiger partial charge in [0.1, 0.15) is 0 Å². The number of carboxylic acid groups (broad SMARTS) is 1. The third-order valence-corrected chi connectivity index (χ3v) is 3.64. The minimum atomic E-state index is -0.911. The molecule has 1 aliphatic heterocycles. The van der Waals surface area contributed by atoms with Crippen molar-refractivity contribution in [3.63, 3.8) is 0 Å². The second kappa shape index (κ2) is 5.06. The Hall–Kier alpha value is -1.07. The third kappa shape index (κ3) is 2.79. The van der Waals surface area contributed by atoms with Crippen LogP contribution in [0.3, 0.4) is 0 Å². The summed E-state index contributed by atoms with van der Waals surface area (Å²) in [6.07, 6.45) is 1.04. The largest absolute Gasteiger partial charge is 0.478 e. The topological polar surface area (TPSA) is 52.6 Å². The van der Waals surface area contributed by atoms with E-state index in [1.807, 2.05) is 12.1 Å². The van der Waals surface area contributed by atoms with Crippen molar-refractivity contribution in [2.45, 2.75) is 12.5 Å². The molecule has 5 heteroatoms. The highest BCUT2D eigenvalue weighted by Crippen LogP contribution is 2.26. The van der Waals surface area contributed by atoms with Crippen molar-refractivity contribution in [2.75, 3.05) is 25.5 Å². The Morgan fingerprint density at radius 3 is 2.94 bits per heavy atom. The van der Waals surface area contributed by atoms with E-state index in [2.05, 4.69) is 33.2 Å². The number of likely N-dealkylation sites (N-methyl/N-ethyl adjacent to an activating group) is 1. The minimum absolute atomic E-state index is 0.307. The van der Waals surface area contributed by atoms with Crippen molar-refractivity contribution in [1.29, 1.82) is 0 Å². The fourth-order valence-corrected chi connectivity index (χ4v) is 2.67. The fraction of sp³-hybridized carbons (Fsp3) is 0.417. The van der Waals surface area contributed by atoms with Crippen LogP contribution in [0.5, 0.6) is 0 Å². The van der Waals surface area contributed by atoms with Gasteiger partial charge in [-0.15, -0.1) is 0 Å². The van der Waals surface area contributed by atoms with Crippen molar-refractivity contribution < 1.29 is 9.90 Å². The van der Waals surface area contributed by atoms with Crippen molar-refractivity contribution >= 4 is 27.6 Å². The van der Waals surface area contributed by atoms with Crippen LogP contribution in [0.1, 0.15) is 16.8 Å². The number of carbonyl (C=O) groups is 1. The van der Waals surface area contributed by atoms with Gasteiger partial charge in [0.15, 0.2) is 0 Å². The Morgan fingerprint density at radius 2 is 2.35 bits per heavy atom. The molecule has 1 aromatic rings. The SMILES string of the molecule is CN1CCC(Nc2cccc(Br)c2C(=O)O)C1. The normalized spacial score (nSPS) is 20.5. The van der Waals surface area contributed by atoms with Crippen molar-refractivity contribution in [3.05, 3.63) is 28.2 Å². The molecule has 1 fully saturated rings. The van der Waals surface area contributed by atoms with Gasteiger partial charge in [-0.05, 0) is 48.1 Å². The van der Waals surface area contributed by atoms with Gasteiger partial charge in [-0.25, -0.2) is 4.79 Å². The molecule has 4 nitrogen and oxygen atoms in total. The van der Waals surface area contributed by atoms with Crippen LogP contribution in [-0.4, -0.2) is 42.2 Å². The number of nitrogens with zero attached hydrogens (tertiary/aromatic N) is 1. The maximum Gasteiger partial charge on any atom is 0.338 e. The van der Waals surface area contributed by atoms with Gasteiger partial charge in [0.05, 0.1) is 11.3 Å². The first-order valence-electron chi connectivity index (χ1n) is 5.55. The number of aromatic carboxylic acids is 1. The minimum Gasteiger partial charge on any atom is -0.478 e. The number of nitrogens with one attached hydrogen (secondary N) is 1. The van der Waals surface area contributed by atoms with Gasteiger partial charge in [0.25, 0.3) is 0 Å². The smallest absolute Gasteiger partial charge is 0.338 e. The zero-order valence-corrected chi connectivity index (χ0v) is 11.2. The monoisotopic (exact) mass is 298 g/mol. The zero-order valence-electron chi connectivity index (χ0n) is 9.61. The van der Waals surface area contributed by atoms with Gasteiger partial charge < -0.3 is 15.3 Å². The Labute approximate surface area is 109 Å². The molecule has 1 aromatic carbocycles. The number of hydrogen-bond acceptors (Lipinski definition) is 3. The number of rotatable bonds is 3. The highest BCUT2D eigenvalue weighted by molar-refractivity contribution is 9.10. The number of hydrogen-bond donors (Lipinski definition) is 2. The average Bonchev–Trinajstić information content (AvgIpc) is 2.63. The van der Waals surface area contributed by atoms with Gasteiger partial charge >= 0.3 is 5.97 Å². The second-order valence-electron chi connectivity index (χ2n) is 4.36. The van der Waals surface area contributed by atoms with Crippen LogP contribution in [0, 0.1) is 0 Å². The molecular formula is C12H15BrN2O2. The summed E-state index contributed by atoms with van der Waals surface area (Å²) in [7, 11) is 2.07. The first-order chi connectivity index (χ1) is 8.08. The van der Waals surface area contributed by atoms with Gasteiger partial charge in [-0.1, -0.05) is 6.07 Å². The molecule has 2 rings (SSSR count). The van der Waals surface area contributed by atoms with Crippen LogP contribution in [0.15, 0.2) is 22.7 Å². The summed E-state index contributed by atoms with van der Waals surface area (Å²) in [5, 5.41) is 12.5. The Bertz CT molecular complexity index is 437. The predicted molar refractivity (Wildman–Crippen MR) is 70.6 cm³/mol. The van der Waals surface area contributed by atoms with Crippen LogP contribution in [0.2, 0.25) is 0 Å². The van der Waals surface area contributed by atoms with Gasteiger partial charge in [0.2, 0.25) is 0 Å². The van der Waals surface area contributed by atoms with E-state index >= 15 is 0 Å². The van der Waals surface area contributed by atoms with E-state index in [4.69, 9.17) is 0 Å². The first kappa shape index (κ1) is 12.4. The average molecular weight is 299 g/mol. The number of anilines is 1. The van der Waals surface area contributed by atoms with Crippen LogP contribution >= 0.6 is 15.9 Å². The van der Waals surface area contributed by atoms with Gasteiger partial charge in [0, 0.05) is 17.1 Å². The van der Waals surface area contributed by atoms with E-state index in [9.17, 15) is 9.90 Å². The van der Waals surface area contributed by atoms with Crippen molar-refractivity contribution in [3.8, 4) is 0 Å². The predicted octanol–water partition coefficient (Wildman–Crippen LogP) is 2.26. The number of halogens is 1. The van der Waals surface area contributed by atoms with Crippen molar-refractivity contribution in [2.24, 2.45) is 0 Å². The molecule has 0 saturated carbocycles. The molecule has 0 spiro atoms. The molecule has 17 heavy (non-hydrogen) atoms. The van der Waals surface area contributed by atoms with E-state index in [-0.39, 0.29) is 0 Å². The lowest BCUT2D eigenvalue weighted by molar-refractivity contribution is 0.0697. The summed E-state index contributed by atoms with van der Waals surface area (Å²) in [6.45, 7) is 2.00. The van der Waals surface area contributed by atoms with Gasteiger partial charge in [-0.3, -0.25) is 0 Å². The third-order valence-electron chi connectivity index (χ3n) is 2.98. The summed E-state index contributed by atoms with van der Waals surface area (Å²) < 4.78 is 0.612. The summed E-state index contributed by atoms with van der Waals surface area (Å²) in [6, 6.07) is 5.73. The summed E-state index contributed by atoms with van der Waals surface area (Å²) in [5.74, 6) is -0.911. The molecule has 0 aliphatic carbocycles. The van der Waals surface area contributed by atoms with E-state index in [0.717, 1.165) is 19.5 Å². The van der Waals surface area contributed by atoms with Crippen molar-refractivity contribution in [1.82, 2.24) is 4.90 Å².